The lowest BCUT2D eigenvalue weighted by Gasteiger charge is -2.11. The smallest absolute Gasteiger partial charge is 0.351 e. The van der Waals surface area contributed by atoms with Crippen molar-refractivity contribution in [3.05, 3.63) is 57.0 Å². The van der Waals surface area contributed by atoms with Gasteiger partial charge in [0.15, 0.2) is 0 Å². The number of carbonyl (C=O) groups is 1. The van der Waals surface area contributed by atoms with Crippen LogP contribution in [0.15, 0.2) is 39.1 Å². The van der Waals surface area contributed by atoms with Crippen LogP contribution in [0.25, 0.3) is 17.0 Å². The van der Waals surface area contributed by atoms with Gasteiger partial charge in [0.05, 0.1) is 6.61 Å². The molecule has 1 heterocycles. The zero-order chi connectivity index (χ0) is 21.4. The molecule has 0 aliphatic carbocycles. The minimum Gasteiger partial charge on any atom is -0.507 e. The lowest BCUT2D eigenvalue weighted by atomic mass is 9.99. The molecule has 0 fully saturated rings. The van der Waals surface area contributed by atoms with Crippen molar-refractivity contribution in [1.82, 2.24) is 0 Å². The van der Waals surface area contributed by atoms with Gasteiger partial charge in [-0.1, -0.05) is 43.6 Å². The number of aromatic hydroxyl groups is 1. The zero-order valence-electron chi connectivity index (χ0n) is 17.7. The fourth-order valence-corrected chi connectivity index (χ4v) is 3.06. The highest BCUT2D eigenvalue weighted by atomic mass is 16.5. The monoisotopic (exact) mass is 398 g/mol. The molecule has 1 N–H and O–H groups in total. The van der Waals surface area contributed by atoms with Crippen LogP contribution in [0.1, 0.15) is 74.9 Å². The molecular formula is C24H30O5. The van der Waals surface area contributed by atoms with Gasteiger partial charge < -0.3 is 14.3 Å². The highest BCUT2D eigenvalue weighted by molar-refractivity contribution is 5.97. The minimum absolute atomic E-state index is 0.0880. The van der Waals surface area contributed by atoms with E-state index in [1.165, 1.54) is 6.07 Å². The lowest BCUT2D eigenvalue weighted by Crippen LogP contribution is -2.16. The first-order valence-corrected chi connectivity index (χ1v) is 10.2. The van der Waals surface area contributed by atoms with E-state index in [4.69, 9.17) is 9.15 Å². The molecule has 1 aromatic carbocycles. The third-order valence-electron chi connectivity index (χ3n) is 4.60. The molecular weight excluding hydrogens is 368 g/mol. The predicted molar refractivity (Wildman–Crippen MR) is 116 cm³/mol. The summed E-state index contributed by atoms with van der Waals surface area (Å²) in [6.07, 6.45) is 10.5. The van der Waals surface area contributed by atoms with Crippen molar-refractivity contribution in [3.63, 3.8) is 0 Å². The molecule has 0 bridgehead atoms. The Kier molecular flexibility index (Phi) is 8.25. The van der Waals surface area contributed by atoms with Gasteiger partial charge in [0.2, 0.25) is 0 Å². The molecule has 0 unspecified atom stereocenters. The Morgan fingerprint density at radius 3 is 2.62 bits per heavy atom. The molecule has 156 valence electrons. The number of ether oxygens (including phenoxy) is 1. The van der Waals surface area contributed by atoms with E-state index >= 15 is 0 Å². The van der Waals surface area contributed by atoms with E-state index in [-0.39, 0.29) is 17.9 Å². The second kappa shape index (κ2) is 10.6. The fourth-order valence-electron chi connectivity index (χ4n) is 3.06. The summed E-state index contributed by atoms with van der Waals surface area (Å²) in [6.45, 7) is 7.93. The van der Waals surface area contributed by atoms with Gasteiger partial charge in [0.1, 0.15) is 16.9 Å². The highest BCUT2D eigenvalue weighted by Crippen LogP contribution is 2.32. The van der Waals surface area contributed by atoms with Crippen LogP contribution in [0, 0.1) is 0 Å². The molecule has 29 heavy (non-hydrogen) atoms. The summed E-state index contributed by atoms with van der Waals surface area (Å²) in [7, 11) is 0. The van der Waals surface area contributed by atoms with E-state index in [0.717, 1.165) is 31.3 Å². The van der Waals surface area contributed by atoms with Gasteiger partial charge in [-0.05, 0) is 52.2 Å². The number of hydrogen-bond donors (Lipinski definition) is 1. The van der Waals surface area contributed by atoms with Crippen LogP contribution in [-0.4, -0.2) is 17.7 Å². The van der Waals surface area contributed by atoms with E-state index in [0.29, 0.717) is 28.5 Å². The molecule has 0 spiro atoms. The van der Waals surface area contributed by atoms with Gasteiger partial charge in [-0.3, -0.25) is 0 Å². The number of phenols is 1. The maximum Gasteiger partial charge on any atom is 0.351 e. The van der Waals surface area contributed by atoms with Crippen LogP contribution in [0.5, 0.6) is 5.75 Å². The summed E-state index contributed by atoms with van der Waals surface area (Å²) >= 11 is 0. The van der Waals surface area contributed by atoms with Gasteiger partial charge >= 0.3 is 11.6 Å². The third kappa shape index (κ3) is 5.83. The largest absolute Gasteiger partial charge is 0.507 e. The number of unbranched alkanes of at least 4 members (excludes halogenated alkanes) is 3. The maximum atomic E-state index is 12.4. The first kappa shape index (κ1) is 22.5. The van der Waals surface area contributed by atoms with E-state index in [9.17, 15) is 14.7 Å². The Morgan fingerprint density at radius 2 is 1.97 bits per heavy atom. The van der Waals surface area contributed by atoms with Crippen LogP contribution in [0.4, 0.5) is 0 Å². The van der Waals surface area contributed by atoms with Crippen molar-refractivity contribution in [2.75, 3.05) is 6.61 Å². The first-order valence-electron chi connectivity index (χ1n) is 10.2. The maximum absolute atomic E-state index is 12.4. The number of rotatable bonds is 9. The summed E-state index contributed by atoms with van der Waals surface area (Å²) in [5.74, 6) is -0.639. The number of phenolic OH excluding ortho intramolecular Hbond substituents is 1. The van der Waals surface area contributed by atoms with Crippen molar-refractivity contribution in [2.45, 2.75) is 59.8 Å². The Hall–Kier alpha value is -2.82. The van der Waals surface area contributed by atoms with E-state index in [2.05, 4.69) is 6.92 Å². The Bertz CT molecular complexity index is 975. The SMILES string of the molecule is CCCCC/C=C/c1c(O)cc(CC=C(C)C)c2oc(=O)c(C(=O)OCC)cc12. The summed E-state index contributed by atoms with van der Waals surface area (Å²) in [4.78, 5) is 24.6. The molecule has 0 atom stereocenters. The average molecular weight is 398 g/mol. The standard InChI is InChI=1S/C24H30O5/c1-5-7-8-9-10-11-18-19-15-20(23(26)28-6-2)24(27)29-22(19)17(14-21(18)25)13-12-16(3)4/h10-12,14-15,25H,5-9,13H2,1-4H3/b11-10+. The highest BCUT2D eigenvalue weighted by Gasteiger charge is 2.19. The molecule has 0 amide bonds. The Morgan fingerprint density at radius 1 is 1.21 bits per heavy atom. The van der Waals surface area contributed by atoms with Crippen molar-refractivity contribution >= 4 is 23.0 Å². The Labute approximate surface area is 171 Å². The van der Waals surface area contributed by atoms with Gasteiger partial charge in [-0.2, -0.15) is 0 Å². The molecule has 5 nitrogen and oxygen atoms in total. The molecule has 0 radical (unpaired) electrons. The molecule has 2 rings (SSSR count). The number of fused-ring (bicyclic) bond motifs is 1. The number of allylic oxidation sites excluding steroid dienone is 3. The van der Waals surface area contributed by atoms with Crippen molar-refractivity contribution in [1.29, 1.82) is 0 Å². The molecule has 0 aliphatic heterocycles. The van der Waals surface area contributed by atoms with Crippen molar-refractivity contribution < 1.29 is 19.1 Å². The molecule has 2 aromatic rings. The summed E-state index contributed by atoms with van der Waals surface area (Å²) in [5, 5.41) is 11.2. The van der Waals surface area contributed by atoms with Gasteiger partial charge in [-0.25, -0.2) is 9.59 Å². The van der Waals surface area contributed by atoms with Crippen molar-refractivity contribution in [2.24, 2.45) is 0 Å². The number of benzene rings is 1. The molecule has 1 aromatic heterocycles. The number of hydrogen-bond acceptors (Lipinski definition) is 5. The van der Waals surface area contributed by atoms with Crippen LogP contribution in [-0.2, 0) is 11.2 Å². The zero-order valence-corrected chi connectivity index (χ0v) is 17.7. The summed E-state index contributed by atoms with van der Waals surface area (Å²) in [5.41, 5.74) is 1.81. The van der Waals surface area contributed by atoms with E-state index in [1.54, 1.807) is 13.0 Å². The second-order valence-electron chi connectivity index (χ2n) is 7.26. The normalized spacial score (nSPS) is 11.2. The molecule has 0 saturated heterocycles. The Balaban J connectivity index is 2.64. The number of carbonyl (C=O) groups excluding carboxylic acids is 1. The van der Waals surface area contributed by atoms with Gasteiger partial charge in [-0.15, -0.1) is 0 Å². The van der Waals surface area contributed by atoms with E-state index < -0.39 is 11.6 Å². The van der Waals surface area contributed by atoms with Gasteiger partial charge in [0, 0.05) is 16.5 Å². The minimum atomic E-state index is -0.738. The number of esters is 1. The van der Waals surface area contributed by atoms with Crippen molar-refractivity contribution in [3.8, 4) is 5.75 Å². The molecule has 0 saturated carbocycles. The lowest BCUT2D eigenvalue weighted by molar-refractivity contribution is 0.0521. The van der Waals surface area contributed by atoms with Crippen LogP contribution in [0.2, 0.25) is 0 Å². The molecule has 5 heteroatoms. The topological polar surface area (TPSA) is 76.7 Å². The predicted octanol–water partition coefficient (Wildman–Crippen LogP) is 5.78. The second-order valence-corrected chi connectivity index (χ2v) is 7.26. The quantitative estimate of drug-likeness (QED) is 0.251. The third-order valence-corrected chi connectivity index (χ3v) is 4.60. The molecule has 0 aliphatic rings. The van der Waals surface area contributed by atoms with E-state index in [1.807, 2.05) is 32.1 Å². The van der Waals surface area contributed by atoms with Gasteiger partial charge in [0.25, 0.3) is 0 Å². The fraction of sp³-hybridized carbons (Fsp3) is 0.417. The van der Waals surface area contributed by atoms with Crippen LogP contribution < -0.4 is 5.63 Å². The summed E-state index contributed by atoms with van der Waals surface area (Å²) < 4.78 is 10.5. The van der Waals surface area contributed by atoms with Crippen LogP contribution >= 0.6 is 0 Å². The first-order chi connectivity index (χ1) is 13.9. The summed E-state index contributed by atoms with van der Waals surface area (Å²) in [6, 6.07) is 3.09. The van der Waals surface area contributed by atoms with Crippen LogP contribution in [0.3, 0.4) is 0 Å². The average Bonchev–Trinajstić information content (AvgIpc) is 2.67.